The van der Waals surface area contributed by atoms with E-state index in [0.29, 0.717) is 11.8 Å². The Morgan fingerprint density at radius 1 is 1.07 bits per heavy atom. The second kappa shape index (κ2) is 7.94. The van der Waals surface area contributed by atoms with E-state index in [1.807, 2.05) is 0 Å². The van der Waals surface area contributed by atoms with Gasteiger partial charge in [0.05, 0.1) is 18.5 Å². The van der Waals surface area contributed by atoms with Gasteiger partial charge in [-0.05, 0) is 42.5 Å². The van der Waals surface area contributed by atoms with Crippen molar-refractivity contribution in [2.24, 2.45) is 0 Å². The van der Waals surface area contributed by atoms with Crippen LogP contribution in [0.5, 0.6) is 5.75 Å². The van der Waals surface area contributed by atoms with E-state index in [-0.39, 0.29) is 23.5 Å². The van der Waals surface area contributed by atoms with E-state index in [1.165, 1.54) is 24.5 Å². The normalized spacial score (nSPS) is 10.9. The van der Waals surface area contributed by atoms with Crippen molar-refractivity contribution in [1.82, 2.24) is 0 Å². The molecule has 8 heteroatoms. The molecular formula is C19H13F4NO3. The number of hydrogen-bond acceptors (Lipinski definition) is 3. The number of furan rings is 1. The average molecular weight is 379 g/mol. The van der Waals surface area contributed by atoms with Crippen molar-refractivity contribution in [3.8, 4) is 5.75 Å². The molecule has 0 radical (unpaired) electrons. The van der Waals surface area contributed by atoms with Crippen LogP contribution in [0.4, 0.5) is 23.2 Å². The maximum atomic E-state index is 14.3. The molecule has 0 N–H and O–H groups in total. The van der Waals surface area contributed by atoms with Gasteiger partial charge < -0.3 is 9.15 Å². The molecule has 1 aromatic heterocycles. The summed E-state index contributed by atoms with van der Waals surface area (Å²) in [7, 11) is 0. The predicted octanol–water partition coefficient (Wildman–Crippen LogP) is 5.01. The summed E-state index contributed by atoms with van der Waals surface area (Å²) in [5.41, 5.74) is -0.193. The summed E-state index contributed by atoms with van der Waals surface area (Å²) in [5.74, 6) is -2.30. The molecular weight excluding hydrogens is 366 g/mol. The summed E-state index contributed by atoms with van der Waals surface area (Å²) in [6.07, 6.45) is 1.39. The minimum atomic E-state index is -3.05. The van der Waals surface area contributed by atoms with Crippen LogP contribution in [-0.4, -0.2) is 12.5 Å². The molecule has 0 atom stereocenters. The molecule has 0 aliphatic rings. The lowest BCUT2D eigenvalue weighted by atomic mass is 10.1. The van der Waals surface area contributed by atoms with Crippen LogP contribution in [0.3, 0.4) is 0 Å². The SMILES string of the molecule is O=C(c1cccc(OC(F)F)c1)N(Cc1ccco1)c1ccc(F)cc1F. The molecule has 4 nitrogen and oxygen atoms in total. The predicted molar refractivity (Wildman–Crippen MR) is 88.7 cm³/mol. The fourth-order valence-corrected chi connectivity index (χ4v) is 2.49. The minimum absolute atomic E-state index is 0.0107. The monoisotopic (exact) mass is 379 g/mol. The van der Waals surface area contributed by atoms with Crippen molar-refractivity contribution in [3.05, 3.63) is 83.8 Å². The average Bonchev–Trinajstić information content (AvgIpc) is 3.12. The number of carbonyl (C=O) groups excluding carboxylic acids is 1. The lowest BCUT2D eigenvalue weighted by Gasteiger charge is -2.23. The largest absolute Gasteiger partial charge is 0.467 e. The Morgan fingerprint density at radius 2 is 1.89 bits per heavy atom. The Morgan fingerprint density at radius 3 is 2.56 bits per heavy atom. The highest BCUT2D eigenvalue weighted by molar-refractivity contribution is 6.06. The zero-order chi connectivity index (χ0) is 19.4. The molecule has 27 heavy (non-hydrogen) atoms. The molecule has 3 aromatic rings. The highest BCUT2D eigenvalue weighted by Crippen LogP contribution is 2.26. The third-order valence-corrected chi connectivity index (χ3v) is 3.65. The number of alkyl halides is 2. The van der Waals surface area contributed by atoms with Gasteiger partial charge in [0.15, 0.2) is 0 Å². The first-order chi connectivity index (χ1) is 12.9. The molecule has 0 aliphatic heterocycles. The van der Waals surface area contributed by atoms with Gasteiger partial charge in [0.1, 0.15) is 23.1 Å². The molecule has 3 rings (SSSR count). The smallest absolute Gasteiger partial charge is 0.387 e. The summed E-state index contributed by atoms with van der Waals surface area (Å²) in [5, 5.41) is 0. The Kier molecular flexibility index (Phi) is 5.44. The highest BCUT2D eigenvalue weighted by Gasteiger charge is 2.23. The van der Waals surface area contributed by atoms with Gasteiger partial charge in [-0.25, -0.2) is 8.78 Å². The fourth-order valence-electron chi connectivity index (χ4n) is 2.49. The molecule has 140 valence electrons. The van der Waals surface area contributed by atoms with E-state index < -0.39 is 24.2 Å². The van der Waals surface area contributed by atoms with Crippen molar-refractivity contribution < 1.29 is 31.5 Å². The summed E-state index contributed by atoms with van der Waals surface area (Å²) in [6, 6.07) is 11.1. The number of ether oxygens (including phenoxy) is 1. The highest BCUT2D eigenvalue weighted by atomic mass is 19.3. The van der Waals surface area contributed by atoms with Gasteiger partial charge in [-0.2, -0.15) is 8.78 Å². The number of nitrogens with zero attached hydrogens (tertiary/aromatic N) is 1. The zero-order valence-corrected chi connectivity index (χ0v) is 13.7. The Bertz CT molecular complexity index is 928. The molecule has 2 aromatic carbocycles. The summed E-state index contributed by atoms with van der Waals surface area (Å²) in [6.45, 7) is -3.20. The van der Waals surface area contributed by atoms with Crippen molar-refractivity contribution >= 4 is 11.6 Å². The molecule has 0 fully saturated rings. The third kappa shape index (κ3) is 4.46. The molecule has 0 unspecified atom stereocenters. The number of halogens is 4. The van der Waals surface area contributed by atoms with Gasteiger partial charge in [0.2, 0.25) is 0 Å². The van der Waals surface area contributed by atoms with Crippen LogP contribution in [-0.2, 0) is 6.54 Å². The number of anilines is 1. The number of benzene rings is 2. The van der Waals surface area contributed by atoms with Gasteiger partial charge in [0, 0.05) is 11.6 Å². The van der Waals surface area contributed by atoms with Gasteiger partial charge in [-0.15, -0.1) is 0 Å². The molecule has 0 aliphatic carbocycles. The van der Waals surface area contributed by atoms with Gasteiger partial charge in [-0.1, -0.05) is 6.07 Å². The molecule has 0 saturated carbocycles. The van der Waals surface area contributed by atoms with Crippen molar-refractivity contribution in [1.29, 1.82) is 0 Å². The van der Waals surface area contributed by atoms with Gasteiger partial charge >= 0.3 is 6.61 Å². The topological polar surface area (TPSA) is 42.7 Å². The number of carbonyl (C=O) groups is 1. The van der Waals surface area contributed by atoms with Crippen LogP contribution in [0, 0.1) is 11.6 Å². The Hall–Kier alpha value is -3.29. The maximum absolute atomic E-state index is 14.3. The van der Waals surface area contributed by atoms with E-state index in [2.05, 4.69) is 4.74 Å². The lowest BCUT2D eigenvalue weighted by molar-refractivity contribution is -0.0498. The molecule has 1 amide bonds. The standard InChI is InChI=1S/C19H13F4NO3/c20-13-6-7-17(16(21)10-13)24(11-15-5-2-8-26-15)18(25)12-3-1-4-14(9-12)27-19(22)23/h1-10,19H,11H2. The fraction of sp³-hybridized carbons (Fsp3) is 0.105. The lowest BCUT2D eigenvalue weighted by Crippen LogP contribution is -2.31. The third-order valence-electron chi connectivity index (χ3n) is 3.65. The molecule has 0 spiro atoms. The first kappa shape index (κ1) is 18.5. The quantitative estimate of drug-likeness (QED) is 0.566. The van der Waals surface area contributed by atoms with Crippen LogP contribution in [0.1, 0.15) is 16.1 Å². The van der Waals surface area contributed by atoms with E-state index in [9.17, 15) is 22.4 Å². The van der Waals surface area contributed by atoms with Crippen molar-refractivity contribution in [2.45, 2.75) is 13.2 Å². The first-order valence-electron chi connectivity index (χ1n) is 7.78. The van der Waals surface area contributed by atoms with Crippen molar-refractivity contribution in [3.63, 3.8) is 0 Å². The van der Waals surface area contributed by atoms with Gasteiger partial charge in [-0.3, -0.25) is 9.69 Å². The summed E-state index contributed by atoms with van der Waals surface area (Å²) < 4.78 is 61.8. The number of amides is 1. The minimum Gasteiger partial charge on any atom is -0.467 e. The number of hydrogen-bond donors (Lipinski definition) is 0. The number of rotatable bonds is 6. The molecule has 0 saturated heterocycles. The summed E-state index contributed by atoms with van der Waals surface area (Å²) in [4.78, 5) is 14.0. The Labute approximate surface area is 151 Å². The molecule has 0 bridgehead atoms. The van der Waals surface area contributed by atoms with Crippen LogP contribution >= 0.6 is 0 Å². The maximum Gasteiger partial charge on any atom is 0.387 e. The summed E-state index contributed by atoms with van der Waals surface area (Å²) >= 11 is 0. The van der Waals surface area contributed by atoms with Crippen LogP contribution in [0.25, 0.3) is 0 Å². The van der Waals surface area contributed by atoms with Gasteiger partial charge in [0.25, 0.3) is 5.91 Å². The van der Waals surface area contributed by atoms with Crippen LogP contribution in [0.2, 0.25) is 0 Å². The Balaban J connectivity index is 1.98. The first-order valence-corrected chi connectivity index (χ1v) is 7.78. The second-order valence-corrected chi connectivity index (χ2v) is 5.47. The van der Waals surface area contributed by atoms with Crippen LogP contribution in [0.15, 0.2) is 65.3 Å². The van der Waals surface area contributed by atoms with E-state index in [4.69, 9.17) is 4.42 Å². The van der Waals surface area contributed by atoms with Crippen LogP contribution < -0.4 is 9.64 Å². The van der Waals surface area contributed by atoms with E-state index in [1.54, 1.807) is 12.1 Å². The molecule has 1 heterocycles. The van der Waals surface area contributed by atoms with E-state index in [0.717, 1.165) is 23.1 Å². The zero-order valence-electron chi connectivity index (χ0n) is 13.7. The second-order valence-electron chi connectivity index (χ2n) is 5.47. The van der Waals surface area contributed by atoms with Crippen molar-refractivity contribution in [2.75, 3.05) is 4.90 Å². The van der Waals surface area contributed by atoms with E-state index >= 15 is 0 Å².